The van der Waals surface area contributed by atoms with Crippen molar-refractivity contribution in [3.05, 3.63) is 78.2 Å². The van der Waals surface area contributed by atoms with E-state index >= 15 is 0 Å². The first kappa shape index (κ1) is 22.2. The molecule has 35 heavy (non-hydrogen) atoms. The number of benzene rings is 2. The van der Waals surface area contributed by atoms with E-state index in [0.717, 1.165) is 54.8 Å². The first-order valence-corrected chi connectivity index (χ1v) is 12.3. The summed E-state index contributed by atoms with van der Waals surface area (Å²) in [6.45, 7) is 4.74. The molecule has 2 aliphatic rings. The Labute approximate surface area is 205 Å². The van der Waals surface area contributed by atoms with Crippen LogP contribution in [0, 0.1) is 0 Å². The van der Waals surface area contributed by atoms with Crippen LogP contribution in [0.3, 0.4) is 0 Å². The van der Waals surface area contributed by atoms with Crippen LogP contribution in [-0.2, 0) is 13.0 Å². The maximum absolute atomic E-state index is 10.6. The molecule has 0 radical (unpaired) electrons. The molecule has 4 aromatic rings. The van der Waals surface area contributed by atoms with Gasteiger partial charge in [0.25, 0.3) is 0 Å². The Kier molecular flexibility index (Phi) is 5.98. The van der Waals surface area contributed by atoms with Gasteiger partial charge in [0.1, 0.15) is 12.7 Å². The van der Waals surface area contributed by atoms with Gasteiger partial charge < -0.3 is 19.3 Å². The molecule has 0 amide bonds. The van der Waals surface area contributed by atoms with E-state index in [1.807, 2.05) is 18.5 Å². The average Bonchev–Trinajstić information content (AvgIpc) is 3.28. The number of hydrogen-bond donors (Lipinski definition) is 1. The minimum atomic E-state index is -0.572. The van der Waals surface area contributed by atoms with Crippen molar-refractivity contribution in [2.75, 3.05) is 39.8 Å². The Balaban J connectivity index is 1.10. The average molecular weight is 470 g/mol. The number of pyridine rings is 1. The third-order valence-electron chi connectivity index (χ3n) is 7.18. The number of aromatic nitrogens is 3. The van der Waals surface area contributed by atoms with Gasteiger partial charge >= 0.3 is 0 Å². The summed E-state index contributed by atoms with van der Waals surface area (Å²) in [5.41, 5.74) is 7.07. The molecule has 180 valence electrons. The molecule has 7 nitrogen and oxygen atoms in total. The van der Waals surface area contributed by atoms with Gasteiger partial charge in [0, 0.05) is 45.0 Å². The molecule has 1 saturated heterocycles. The number of β-amino-alcohol motifs (C(OH)–C–C–N with tert-alkyl or cyclic N) is 1. The van der Waals surface area contributed by atoms with E-state index in [4.69, 9.17) is 4.74 Å². The van der Waals surface area contributed by atoms with Crippen molar-refractivity contribution in [2.24, 2.45) is 0 Å². The zero-order valence-electron chi connectivity index (χ0n) is 20.0. The largest absolute Gasteiger partial charge is 0.475 e. The molecule has 1 N–H and O–H groups in total. The van der Waals surface area contributed by atoms with Crippen molar-refractivity contribution in [3.8, 4) is 17.0 Å². The van der Waals surface area contributed by atoms with Crippen molar-refractivity contribution in [3.63, 3.8) is 0 Å². The Hall–Kier alpha value is -3.26. The fourth-order valence-electron chi connectivity index (χ4n) is 5.25. The molecule has 1 unspecified atom stereocenters. The second-order valence-electron chi connectivity index (χ2n) is 9.83. The molecule has 2 aliphatic heterocycles. The van der Waals surface area contributed by atoms with Gasteiger partial charge in [-0.1, -0.05) is 30.3 Å². The van der Waals surface area contributed by atoms with E-state index in [1.165, 1.54) is 11.1 Å². The molecule has 0 aliphatic carbocycles. The van der Waals surface area contributed by atoms with Crippen LogP contribution in [0.15, 0.2) is 67.1 Å². The van der Waals surface area contributed by atoms with Crippen LogP contribution < -0.4 is 4.74 Å². The van der Waals surface area contributed by atoms with Crippen molar-refractivity contribution in [1.29, 1.82) is 0 Å². The first-order valence-electron chi connectivity index (χ1n) is 12.3. The van der Waals surface area contributed by atoms with Crippen molar-refractivity contribution < 1.29 is 9.84 Å². The maximum Gasteiger partial charge on any atom is 0.213 e. The minimum absolute atomic E-state index is 0.218. The van der Waals surface area contributed by atoms with Gasteiger partial charge in [-0.2, -0.15) is 0 Å². The Morgan fingerprint density at radius 2 is 1.86 bits per heavy atom. The van der Waals surface area contributed by atoms with Crippen LogP contribution in [0.4, 0.5) is 0 Å². The third kappa shape index (κ3) is 4.67. The highest BCUT2D eigenvalue weighted by atomic mass is 16.5. The molecule has 6 rings (SSSR count). The third-order valence-corrected chi connectivity index (χ3v) is 7.18. The first-order chi connectivity index (χ1) is 17.1. The molecule has 1 atom stereocenters. The summed E-state index contributed by atoms with van der Waals surface area (Å²) in [5.74, 6) is 0.528. The van der Waals surface area contributed by atoms with Crippen LogP contribution >= 0.6 is 0 Å². The predicted molar refractivity (Wildman–Crippen MR) is 136 cm³/mol. The number of aliphatic hydroxyl groups is 1. The summed E-state index contributed by atoms with van der Waals surface area (Å²) >= 11 is 0. The molecule has 7 heteroatoms. The summed E-state index contributed by atoms with van der Waals surface area (Å²) in [4.78, 5) is 13.6. The van der Waals surface area contributed by atoms with Crippen LogP contribution in [0.25, 0.3) is 22.2 Å². The monoisotopic (exact) mass is 469 g/mol. The summed E-state index contributed by atoms with van der Waals surface area (Å²) in [6.07, 6.45) is 4.17. The number of fused-ring (bicyclic) bond motifs is 2. The molecule has 4 heterocycles. The molecule has 2 aromatic carbocycles. The molecular formula is C28H31N5O2. The van der Waals surface area contributed by atoms with E-state index < -0.39 is 6.10 Å². The molecular weight excluding hydrogens is 438 g/mol. The Morgan fingerprint density at radius 1 is 1.03 bits per heavy atom. The van der Waals surface area contributed by atoms with Gasteiger partial charge in [-0.05, 0) is 53.9 Å². The van der Waals surface area contributed by atoms with Crippen LogP contribution in [-0.4, -0.2) is 75.4 Å². The van der Waals surface area contributed by atoms with Crippen LogP contribution in [0.5, 0.6) is 5.88 Å². The fourth-order valence-corrected chi connectivity index (χ4v) is 5.25. The summed E-state index contributed by atoms with van der Waals surface area (Å²) < 4.78 is 8.19. The fraction of sp³-hybridized carbons (Fsp3) is 0.357. The van der Waals surface area contributed by atoms with E-state index in [2.05, 4.69) is 73.8 Å². The lowest BCUT2D eigenvalue weighted by atomic mass is 10.00. The molecule has 2 aromatic heterocycles. The van der Waals surface area contributed by atoms with Gasteiger partial charge in [0.2, 0.25) is 5.88 Å². The lowest BCUT2D eigenvalue weighted by Gasteiger charge is -2.37. The van der Waals surface area contributed by atoms with Crippen molar-refractivity contribution in [2.45, 2.75) is 25.1 Å². The van der Waals surface area contributed by atoms with Crippen molar-refractivity contribution in [1.82, 2.24) is 24.3 Å². The van der Waals surface area contributed by atoms with E-state index in [9.17, 15) is 5.11 Å². The number of rotatable bonds is 7. The second-order valence-corrected chi connectivity index (χ2v) is 9.83. The zero-order chi connectivity index (χ0) is 23.8. The molecule has 1 fully saturated rings. The molecule has 0 bridgehead atoms. The standard InChI is InChI=1S/C28H31N5O2/c1-31-15-24(16-31)33-19-30-26-7-6-21(12-27(26)33)22-8-10-29-28(13-22)35-18-25(34)17-32-11-9-20-4-2-3-5-23(20)14-32/h2-8,10,12-13,19,24-25,34H,9,11,14-18H2,1H3. The number of imidazole rings is 1. The lowest BCUT2D eigenvalue weighted by molar-refractivity contribution is 0.0622. The second kappa shape index (κ2) is 9.41. The summed E-state index contributed by atoms with van der Waals surface area (Å²) in [7, 11) is 2.14. The van der Waals surface area contributed by atoms with E-state index in [-0.39, 0.29) is 6.61 Å². The molecule has 0 saturated carbocycles. The smallest absolute Gasteiger partial charge is 0.213 e. The van der Waals surface area contributed by atoms with Gasteiger partial charge in [-0.25, -0.2) is 9.97 Å². The molecule has 0 spiro atoms. The maximum atomic E-state index is 10.6. The highest BCUT2D eigenvalue weighted by molar-refractivity contribution is 5.82. The van der Waals surface area contributed by atoms with Gasteiger partial charge in [0.05, 0.1) is 23.4 Å². The minimum Gasteiger partial charge on any atom is -0.475 e. The van der Waals surface area contributed by atoms with Crippen LogP contribution in [0.1, 0.15) is 17.2 Å². The zero-order valence-corrected chi connectivity index (χ0v) is 20.0. The van der Waals surface area contributed by atoms with Crippen molar-refractivity contribution >= 4 is 11.0 Å². The SMILES string of the molecule is CN1CC(n2cnc3ccc(-c4ccnc(OCC(O)CN5CCc6ccccc6C5)c4)cc32)C1. The number of likely N-dealkylation sites (tertiary alicyclic amines) is 1. The number of likely N-dealkylation sites (N-methyl/N-ethyl adjacent to an activating group) is 1. The quantitative estimate of drug-likeness (QED) is 0.448. The number of ether oxygens (including phenoxy) is 1. The number of nitrogens with zero attached hydrogens (tertiary/aromatic N) is 5. The van der Waals surface area contributed by atoms with Crippen LogP contribution in [0.2, 0.25) is 0 Å². The van der Waals surface area contributed by atoms with E-state index in [1.54, 1.807) is 6.20 Å². The van der Waals surface area contributed by atoms with Gasteiger partial charge in [0.15, 0.2) is 0 Å². The highest BCUT2D eigenvalue weighted by Gasteiger charge is 2.26. The lowest BCUT2D eigenvalue weighted by Crippen LogP contribution is -2.44. The number of hydrogen-bond acceptors (Lipinski definition) is 6. The summed E-state index contributed by atoms with van der Waals surface area (Å²) in [5, 5.41) is 10.6. The topological polar surface area (TPSA) is 66.7 Å². The Bertz CT molecular complexity index is 1330. The predicted octanol–water partition coefficient (Wildman–Crippen LogP) is 3.38. The highest BCUT2D eigenvalue weighted by Crippen LogP contribution is 2.29. The van der Waals surface area contributed by atoms with E-state index in [0.29, 0.717) is 18.5 Å². The summed E-state index contributed by atoms with van der Waals surface area (Å²) in [6, 6.07) is 19.3. The Morgan fingerprint density at radius 3 is 2.71 bits per heavy atom. The number of aliphatic hydroxyl groups excluding tert-OH is 1. The van der Waals surface area contributed by atoms with Gasteiger partial charge in [-0.15, -0.1) is 0 Å². The normalized spacial score (nSPS) is 17.8. The van der Waals surface area contributed by atoms with Gasteiger partial charge in [-0.3, -0.25) is 4.90 Å².